The summed E-state index contributed by atoms with van der Waals surface area (Å²) in [6.07, 6.45) is 3.84. The van der Waals surface area contributed by atoms with Crippen LogP contribution in [0.4, 0.5) is 11.4 Å². The Bertz CT molecular complexity index is 1860. The average molecular weight is 651 g/mol. The molecule has 0 aromatic heterocycles. The van der Waals surface area contributed by atoms with Crippen molar-refractivity contribution in [2.45, 2.75) is 79.3 Å². The molecule has 2 aliphatic carbocycles. The molecule has 1 aromatic carbocycles. The summed E-state index contributed by atoms with van der Waals surface area (Å²) in [6, 6.07) is 3.61. The van der Waals surface area contributed by atoms with Crippen LogP contribution in [0.5, 0.6) is 0 Å². The SMILES string of the molecule is CC(=O)N=C1C=C2C(=C/C1=C1/C(=O)C(c3cc4c(cc3NC(C)=O)N(CCCS(=O)(=O)O)C(C)C4(C)C)=C1O)C(C)(C)C(C)N2C. The monoisotopic (exact) mass is 650 g/mol. The van der Waals surface area contributed by atoms with Gasteiger partial charge in [-0.05, 0) is 55.7 Å². The van der Waals surface area contributed by atoms with E-state index in [9.17, 15) is 32.5 Å². The van der Waals surface area contributed by atoms with Gasteiger partial charge in [0.15, 0.2) is 0 Å². The molecule has 0 bridgehead atoms. The number of allylic oxidation sites excluding steroid dienone is 6. The molecular formula is C34H42N4O7S. The maximum atomic E-state index is 14.1. The van der Waals surface area contributed by atoms with Gasteiger partial charge in [0.25, 0.3) is 10.1 Å². The van der Waals surface area contributed by atoms with E-state index in [-0.39, 0.29) is 52.5 Å². The second kappa shape index (κ2) is 11.0. The Morgan fingerprint density at radius 3 is 2.24 bits per heavy atom. The van der Waals surface area contributed by atoms with Crippen LogP contribution in [0.3, 0.4) is 0 Å². The summed E-state index contributed by atoms with van der Waals surface area (Å²) in [6.45, 7) is 15.4. The minimum atomic E-state index is -4.13. The summed E-state index contributed by atoms with van der Waals surface area (Å²) in [5, 5.41) is 14.4. The first-order valence-corrected chi connectivity index (χ1v) is 17.0. The molecule has 1 saturated heterocycles. The van der Waals surface area contributed by atoms with Crippen molar-refractivity contribution in [3.05, 3.63) is 63.6 Å². The number of nitrogens with zero attached hydrogens (tertiary/aromatic N) is 3. The minimum absolute atomic E-state index is 0.0499. The highest BCUT2D eigenvalue weighted by Gasteiger charge is 2.48. The zero-order valence-corrected chi connectivity index (χ0v) is 28.6. The Kier molecular flexibility index (Phi) is 8.01. The Morgan fingerprint density at radius 2 is 1.67 bits per heavy atom. The van der Waals surface area contributed by atoms with Crippen LogP contribution in [-0.4, -0.2) is 77.7 Å². The molecule has 2 heterocycles. The number of benzene rings is 1. The van der Waals surface area contributed by atoms with Crippen LogP contribution in [-0.2, 0) is 29.9 Å². The van der Waals surface area contributed by atoms with Crippen LogP contribution in [0.15, 0.2) is 57.5 Å². The molecule has 2 atom stereocenters. The maximum Gasteiger partial charge on any atom is 0.264 e. The van der Waals surface area contributed by atoms with E-state index < -0.39 is 27.2 Å². The van der Waals surface area contributed by atoms with Crippen molar-refractivity contribution >= 4 is 50.4 Å². The molecule has 2 unspecified atom stereocenters. The Morgan fingerprint density at radius 1 is 1.02 bits per heavy atom. The minimum Gasteiger partial charge on any atom is -0.506 e. The number of Topliss-reactive ketones (excluding diaryl/α,β-unsaturated/α-hetero) is 1. The van der Waals surface area contributed by atoms with Crippen LogP contribution in [0.2, 0.25) is 0 Å². The van der Waals surface area contributed by atoms with Crippen LogP contribution in [0.1, 0.15) is 72.9 Å². The van der Waals surface area contributed by atoms with Crippen LogP contribution < -0.4 is 10.2 Å². The van der Waals surface area contributed by atoms with Gasteiger partial charge < -0.3 is 20.2 Å². The fourth-order valence-corrected chi connectivity index (χ4v) is 7.56. The molecule has 2 amide bonds. The molecule has 1 aromatic rings. The van der Waals surface area contributed by atoms with Gasteiger partial charge in [0.2, 0.25) is 17.6 Å². The zero-order valence-electron chi connectivity index (χ0n) is 27.8. The van der Waals surface area contributed by atoms with E-state index in [4.69, 9.17) is 0 Å². The number of rotatable bonds is 6. The number of fused-ring (bicyclic) bond motifs is 2. The van der Waals surface area contributed by atoms with Crippen LogP contribution in [0, 0.1) is 5.41 Å². The van der Waals surface area contributed by atoms with Crippen molar-refractivity contribution in [1.29, 1.82) is 0 Å². The average Bonchev–Trinajstić information content (AvgIpc) is 3.21. The van der Waals surface area contributed by atoms with Gasteiger partial charge in [0.1, 0.15) is 5.76 Å². The van der Waals surface area contributed by atoms with Crippen LogP contribution in [0.25, 0.3) is 5.57 Å². The first-order chi connectivity index (χ1) is 21.2. The van der Waals surface area contributed by atoms with E-state index in [2.05, 4.69) is 36.0 Å². The lowest BCUT2D eigenvalue weighted by atomic mass is 9.73. The van der Waals surface area contributed by atoms with E-state index in [0.29, 0.717) is 29.1 Å². The van der Waals surface area contributed by atoms with E-state index in [1.165, 1.54) is 13.8 Å². The molecule has 2 aliphatic heterocycles. The topological polar surface area (TPSA) is 157 Å². The number of likely N-dealkylation sites (tertiary alicyclic amines) is 1. The molecule has 246 valence electrons. The second-order valence-electron chi connectivity index (χ2n) is 13.8. The van der Waals surface area contributed by atoms with Crippen LogP contribution >= 0.6 is 0 Å². The predicted molar refractivity (Wildman–Crippen MR) is 178 cm³/mol. The summed E-state index contributed by atoms with van der Waals surface area (Å²) in [7, 11) is -2.15. The number of anilines is 2. The van der Waals surface area contributed by atoms with Crippen molar-refractivity contribution < 1.29 is 32.5 Å². The number of aliphatic hydroxyl groups excluding tert-OH is 1. The number of ketones is 1. The second-order valence-corrected chi connectivity index (χ2v) is 15.4. The summed E-state index contributed by atoms with van der Waals surface area (Å²) >= 11 is 0. The Hall–Kier alpha value is -4.03. The molecule has 3 N–H and O–H groups in total. The maximum absolute atomic E-state index is 14.1. The third-order valence-corrected chi connectivity index (χ3v) is 11.1. The smallest absolute Gasteiger partial charge is 0.264 e. The molecule has 0 saturated carbocycles. The number of aliphatic imine (C=N–C) groups is 1. The third kappa shape index (κ3) is 5.30. The van der Waals surface area contributed by atoms with Crippen molar-refractivity contribution in [3.63, 3.8) is 0 Å². The Balaban J connectivity index is 1.67. The van der Waals surface area contributed by atoms with Gasteiger partial charge in [0.05, 0.1) is 28.3 Å². The van der Waals surface area contributed by atoms with Gasteiger partial charge in [-0.15, -0.1) is 0 Å². The molecule has 11 nitrogen and oxygen atoms in total. The molecule has 12 heteroatoms. The summed E-state index contributed by atoms with van der Waals surface area (Å²) < 4.78 is 32.0. The lowest BCUT2D eigenvalue weighted by Crippen LogP contribution is -2.39. The lowest BCUT2D eigenvalue weighted by molar-refractivity contribution is -0.116. The van der Waals surface area contributed by atoms with Crippen molar-refractivity contribution in [1.82, 2.24) is 4.90 Å². The lowest BCUT2D eigenvalue weighted by Gasteiger charge is -2.31. The van der Waals surface area contributed by atoms with Gasteiger partial charge in [-0.3, -0.25) is 18.9 Å². The van der Waals surface area contributed by atoms with Gasteiger partial charge in [-0.2, -0.15) is 8.42 Å². The normalized spacial score (nSPS) is 25.7. The molecule has 0 spiro atoms. The van der Waals surface area contributed by atoms with Gasteiger partial charge in [0, 0.05) is 72.9 Å². The largest absolute Gasteiger partial charge is 0.506 e. The standard InChI is InChI=1S/C34H42N4O7S/c1-17-33(5,6)23-13-21(25(35-19(3)39)15-27(23)37(17)9)29-31(41)30(32(29)42)22-14-24-28(16-26(22)36-20(4)40)38(18(2)34(24,7)8)11-10-12-46(43,44)45/h13-18,41H,10-12H2,1-9H3,(H,36,40)(H,43,44,45)/b29-21-,35-25?. The van der Waals surface area contributed by atoms with E-state index >= 15 is 0 Å². The molecular weight excluding hydrogens is 608 g/mol. The summed E-state index contributed by atoms with van der Waals surface area (Å²) in [4.78, 5) is 46.9. The van der Waals surface area contributed by atoms with Crippen molar-refractivity contribution in [2.24, 2.45) is 10.4 Å². The number of amides is 2. The third-order valence-electron chi connectivity index (χ3n) is 10.3. The predicted octanol–water partition coefficient (Wildman–Crippen LogP) is 4.73. The van der Waals surface area contributed by atoms with E-state index in [1.807, 2.05) is 44.9 Å². The molecule has 1 fully saturated rings. The fourth-order valence-electron chi connectivity index (χ4n) is 7.06. The number of likely N-dealkylation sites (N-methyl/N-ethyl adjacent to an activating group) is 1. The molecule has 46 heavy (non-hydrogen) atoms. The summed E-state index contributed by atoms with van der Waals surface area (Å²) in [5.74, 6) is -1.88. The molecule has 4 aliphatic rings. The van der Waals surface area contributed by atoms with Gasteiger partial charge in [-0.1, -0.05) is 27.7 Å². The molecule has 0 radical (unpaired) electrons. The number of aliphatic hydroxyl groups is 1. The molecule has 5 rings (SSSR count). The number of nitrogens with one attached hydrogen (secondary N) is 1. The highest BCUT2D eigenvalue weighted by atomic mass is 32.2. The first kappa shape index (κ1) is 33.3. The highest BCUT2D eigenvalue weighted by molar-refractivity contribution is 7.85. The highest BCUT2D eigenvalue weighted by Crippen LogP contribution is 2.52. The number of hydrogen-bond donors (Lipinski definition) is 3. The number of carbonyl (C=O) groups excluding carboxylic acids is 3. The Labute approximate surface area is 270 Å². The number of hydrogen-bond acceptors (Lipinski definition) is 8. The van der Waals surface area contributed by atoms with Crippen molar-refractivity contribution in [2.75, 3.05) is 29.6 Å². The van der Waals surface area contributed by atoms with Gasteiger partial charge in [-0.25, -0.2) is 4.99 Å². The van der Waals surface area contributed by atoms with E-state index in [0.717, 1.165) is 22.5 Å². The van der Waals surface area contributed by atoms with Crippen molar-refractivity contribution in [3.8, 4) is 0 Å². The van der Waals surface area contributed by atoms with Gasteiger partial charge >= 0.3 is 0 Å². The summed E-state index contributed by atoms with van der Waals surface area (Å²) in [5.41, 5.74) is 4.23. The first-order valence-electron chi connectivity index (χ1n) is 15.4. The van der Waals surface area contributed by atoms with E-state index in [1.54, 1.807) is 12.1 Å². The zero-order chi connectivity index (χ0) is 34.3. The fraction of sp³-hybridized carbons (Fsp3) is 0.471. The quantitative estimate of drug-likeness (QED) is 0.293. The number of carbonyl (C=O) groups is 3.